The Morgan fingerprint density at radius 3 is 2.82 bits per heavy atom. The average molecular weight is 482 g/mol. The zero-order valence-electron chi connectivity index (χ0n) is 18.7. The number of unbranched alkanes of at least 4 members (excludes halogenated alkanes) is 2. The summed E-state index contributed by atoms with van der Waals surface area (Å²) in [5, 5.41) is 27.0. The molecule has 0 fully saturated rings. The van der Waals surface area contributed by atoms with Crippen LogP contribution in [0.4, 0.5) is 5.69 Å². The normalized spacial score (nSPS) is 16.5. The largest absolute Gasteiger partial charge is 0.494 e. The molecule has 11 heteroatoms. The number of amides is 1. The number of nitrogens with one attached hydrogen (secondary N) is 1. The number of ether oxygens (including phenoxy) is 1. The van der Waals surface area contributed by atoms with Crippen LogP contribution in [-0.2, 0) is 4.79 Å². The number of hydrogen-bond acceptors (Lipinski definition) is 8. The number of carbonyl (C=O) groups is 1. The first-order valence-electron chi connectivity index (χ1n) is 10.9. The fraction of sp³-hybridized carbons (Fsp3) is 0.304. The van der Waals surface area contributed by atoms with Gasteiger partial charge < -0.3 is 9.15 Å². The molecule has 176 valence electrons. The van der Waals surface area contributed by atoms with Crippen molar-refractivity contribution in [3.8, 4) is 17.1 Å². The predicted molar refractivity (Wildman–Crippen MR) is 131 cm³/mol. The third-order valence-electron chi connectivity index (χ3n) is 5.15. The minimum Gasteiger partial charge on any atom is -0.494 e. The van der Waals surface area contributed by atoms with E-state index >= 15 is 0 Å². The van der Waals surface area contributed by atoms with Crippen LogP contribution in [0.3, 0.4) is 0 Å². The summed E-state index contributed by atoms with van der Waals surface area (Å²) in [5.74, 6) is 0.272. The Morgan fingerprint density at radius 2 is 2.09 bits per heavy atom. The summed E-state index contributed by atoms with van der Waals surface area (Å²) in [6.07, 6.45) is 5.34. The highest BCUT2D eigenvalue weighted by molar-refractivity contribution is 8.26. The molecule has 0 spiro atoms. The molecule has 0 aliphatic carbocycles. The Labute approximate surface area is 200 Å². The molecule has 4 rings (SSSR count). The lowest BCUT2D eigenvalue weighted by Crippen LogP contribution is -2.35. The molecular formula is C23H23N5O5S. The molecule has 1 N–H and O–H groups in total. The van der Waals surface area contributed by atoms with E-state index in [1.807, 2.05) is 0 Å². The highest BCUT2D eigenvalue weighted by atomic mass is 32.2. The van der Waals surface area contributed by atoms with Crippen molar-refractivity contribution in [3.05, 3.63) is 51.8 Å². The van der Waals surface area contributed by atoms with Gasteiger partial charge in [-0.25, -0.2) is 0 Å². The van der Waals surface area contributed by atoms with Gasteiger partial charge in [0, 0.05) is 0 Å². The maximum Gasteiger partial charge on any atom is 0.284 e. The van der Waals surface area contributed by atoms with Crippen LogP contribution < -0.4 is 4.74 Å². The van der Waals surface area contributed by atoms with Crippen LogP contribution in [0.25, 0.3) is 17.4 Å². The van der Waals surface area contributed by atoms with Crippen molar-refractivity contribution in [2.24, 2.45) is 10.1 Å². The second kappa shape index (κ2) is 10.0. The van der Waals surface area contributed by atoms with E-state index in [4.69, 9.17) is 14.6 Å². The molecule has 0 radical (unpaired) electrons. The number of hydrazone groups is 1. The average Bonchev–Trinajstić information content (AvgIpc) is 3.44. The molecule has 1 aromatic heterocycles. The third-order valence-corrected chi connectivity index (χ3v) is 6.11. The number of benzene rings is 1. The van der Waals surface area contributed by atoms with E-state index in [1.54, 1.807) is 31.2 Å². The summed E-state index contributed by atoms with van der Waals surface area (Å²) < 4.78 is 11.1. The summed E-state index contributed by atoms with van der Waals surface area (Å²) >= 11 is 1.31. The van der Waals surface area contributed by atoms with Crippen LogP contribution in [0.2, 0.25) is 0 Å². The molecule has 2 aliphatic heterocycles. The standard InChI is InChI=1S/C23H23N5O5S/c1-3-5-6-7-20-26-27-21(24)17(22(29)25-23(27)34-20)12-15-9-11-19(33-15)16-10-8-14(32-4-2)13-18(16)28(30)31/h8-13,24H,3-7H2,1-2H3/b17-12+,24-21?. The van der Waals surface area contributed by atoms with Crippen molar-refractivity contribution in [2.75, 3.05) is 6.61 Å². The highest BCUT2D eigenvalue weighted by Gasteiger charge is 2.35. The van der Waals surface area contributed by atoms with E-state index < -0.39 is 10.8 Å². The van der Waals surface area contributed by atoms with E-state index in [-0.39, 0.29) is 34.2 Å². The molecule has 2 aromatic rings. The molecule has 0 atom stereocenters. The topological polar surface area (TPSA) is 134 Å². The number of rotatable bonds is 9. The van der Waals surface area contributed by atoms with E-state index in [0.717, 1.165) is 30.7 Å². The van der Waals surface area contributed by atoms with Crippen LogP contribution in [0, 0.1) is 15.5 Å². The van der Waals surface area contributed by atoms with Crippen molar-refractivity contribution in [1.82, 2.24) is 5.01 Å². The van der Waals surface area contributed by atoms with Gasteiger partial charge in [-0.3, -0.25) is 20.3 Å². The third kappa shape index (κ3) is 4.79. The van der Waals surface area contributed by atoms with E-state index in [9.17, 15) is 14.9 Å². The van der Waals surface area contributed by atoms with Crippen molar-refractivity contribution in [1.29, 1.82) is 5.41 Å². The first-order chi connectivity index (χ1) is 16.4. The van der Waals surface area contributed by atoms with Crippen molar-refractivity contribution in [3.63, 3.8) is 0 Å². The summed E-state index contributed by atoms with van der Waals surface area (Å²) in [5.41, 5.74) is 0.153. The Kier molecular flexibility index (Phi) is 6.92. The number of nitro benzene ring substituents is 1. The number of nitro groups is 1. The molecule has 2 aliphatic rings. The molecule has 0 saturated carbocycles. The van der Waals surface area contributed by atoms with E-state index in [2.05, 4.69) is 17.0 Å². The van der Waals surface area contributed by atoms with Crippen molar-refractivity contribution in [2.45, 2.75) is 39.5 Å². The van der Waals surface area contributed by atoms with E-state index in [1.165, 1.54) is 28.9 Å². The van der Waals surface area contributed by atoms with Gasteiger partial charge in [0.25, 0.3) is 11.6 Å². The van der Waals surface area contributed by atoms with Gasteiger partial charge in [0.15, 0.2) is 5.84 Å². The van der Waals surface area contributed by atoms with Crippen LogP contribution in [-0.4, -0.2) is 38.5 Å². The van der Waals surface area contributed by atoms with Gasteiger partial charge in [0.1, 0.15) is 22.3 Å². The fourth-order valence-corrected chi connectivity index (χ4v) is 4.43. The monoisotopic (exact) mass is 481 g/mol. The maximum absolute atomic E-state index is 12.6. The molecule has 1 aromatic carbocycles. The maximum atomic E-state index is 12.6. The highest BCUT2D eigenvalue weighted by Crippen LogP contribution is 2.35. The number of hydrogen-bond donors (Lipinski definition) is 1. The van der Waals surface area contributed by atoms with Crippen LogP contribution in [0.1, 0.15) is 45.3 Å². The molecule has 1 amide bonds. The SMILES string of the molecule is CCCCCC1=NN2C(=N)/C(=C\c3ccc(-c4ccc(OCC)cc4[N+](=O)[O-])o3)C(=O)N=C2S1. The first-order valence-corrected chi connectivity index (χ1v) is 11.7. The molecule has 0 saturated heterocycles. The Bertz CT molecular complexity index is 1250. The van der Waals surface area contributed by atoms with Crippen LogP contribution in [0.5, 0.6) is 5.75 Å². The number of furan rings is 1. The van der Waals surface area contributed by atoms with Crippen LogP contribution >= 0.6 is 11.8 Å². The number of amidine groups is 2. The predicted octanol–water partition coefficient (Wildman–Crippen LogP) is 5.45. The van der Waals surface area contributed by atoms with Gasteiger partial charge in [-0.15, -0.1) is 0 Å². The lowest BCUT2D eigenvalue weighted by atomic mass is 10.1. The van der Waals surface area contributed by atoms with Gasteiger partial charge >= 0.3 is 0 Å². The molecule has 34 heavy (non-hydrogen) atoms. The molecule has 10 nitrogen and oxygen atoms in total. The quantitative estimate of drug-likeness (QED) is 0.218. The molecule has 0 unspecified atom stereocenters. The molecular weight excluding hydrogens is 458 g/mol. The summed E-state index contributed by atoms with van der Waals surface area (Å²) in [6.45, 7) is 4.30. The lowest BCUT2D eigenvalue weighted by molar-refractivity contribution is -0.384. The number of aliphatic imine (C=N–C) groups is 1. The minimum absolute atomic E-state index is 0.0324. The van der Waals surface area contributed by atoms with Gasteiger partial charge in [-0.1, -0.05) is 19.8 Å². The van der Waals surface area contributed by atoms with Gasteiger partial charge in [-0.2, -0.15) is 15.1 Å². The first kappa shape index (κ1) is 23.4. The van der Waals surface area contributed by atoms with Crippen LogP contribution in [0.15, 0.2) is 50.4 Å². The Balaban J connectivity index is 1.59. The van der Waals surface area contributed by atoms with Gasteiger partial charge in [0.05, 0.1) is 28.7 Å². The van der Waals surface area contributed by atoms with Gasteiger partial charge in [0.2, 0.25) is 5.17 Å². The van der Waals surface area contributed by atoms with Crippen molar-refractivity contribution < 1.29 is 18.9 Å². The summed E-state index contributed by atoms with van der Waals surface area (Å²) in [7, 11) is 0. The smallest absolute Gasteiger partial charge is 0.284 e. The molecule has 0 bridgehead atoms. The molecule has 3 heterocycles. The number of fused-ring (bicyclic) bond motifs is 1. The number of nitrogens with zero attached hydrogens (tertiary/aromatic N) is 4. The Hall–Kier alpha value is -3.73. The fourth-order valence-electron chi connectivity index (χ4n) is 3.50. The number of carbonyl (C=O) groups excluding carboxylic acids is 1. The second-order valence-electron chi connectivity index (χ2n) is 7.54. The minimum atomic E-state index is -0.557. The van der Waals surface area contributed by atoms with E-state index in [0.29, 0.717) is 17.5 Å². The van der Waals surface area contributed by atoms with Gasteiger partial charge in [-0.05, 0) is 61.9 Å². The lowest BCUT2D eigenvalue weighted by Gasteiger charge is -2.19. The van der Waals surface area contributed by atoms with Crippen molar-refractivity contribution >= 4 is 45.5 Å². The summed E-state index contributed by atoms with van der Waals surface area (Å²) in [4.78, 5) is 27.7. The zero-order chi connectivity index (χ0) is 24.2. The zero-order valence-corrected chi connectivity index (χ0v) is 19.6. The summed E-state index contributed by atoms with van der Waals surface area (Å²) in [6, 6.07) is 7.69. The second-order valence-corrected chi connectivity index (χ2v) is 8.58. The number of thioether (sulfide) groups is 1. The Morgan fingerprint density at radius 1 is 1.26 bits per heavy atom.